The zero-order valence-corrected chi connectivity index (χ0v) is 9.21. The monoisotopic (exact) mass is 233 g/mol. The molecule has 0 saturated heterocycles. The second kappa shape index (κ2) is 4.65. The molecule has 1 aromatic carbocycles. The molecule has 6 heteroatoms. The third-order valence-electron chi connectivity index (χ3n) is 2.13. The summed E-state index contributed by atoms with van der Waals surface area (Å²) in [6.07, 6.45) is 1.12. The Morgan fingerprint density at radius 3 is 2.76 bits per heavy atom. The Kier molecular flexibility index (Phi) is 3.04. The van der Waals surface area contributed by atoms with Crippen LogP contribution >= 0.6 is 0 Å². The summed E-state index contributed by atoms with van der Waals surface area (Å²) in [6, 6.07) is 7.41. The maximum Gasteiger partial charge on any atom is 0.292 e. The molecule has 1 heterocycles. The van der Waals surface area contributed by atoms with Gasteiger partial charge in [-0.3, -0.25) is 4.79 Å². The topological polar surface area (TPSA) is 82.1 Å². The zero-order valence-electron chi connectivity index (χ0n) is 9.21. The molecule has 0 aliphatic carbocycles. The van der Waals surface area contributed by atoms with E-state index in [-0.39, 0.29) is 12.5 Å². The molecule has 0 aliphatic heterocycles. The molecule has 1 N–H and O–H groups in total. The van der Waals surface area contributed by atoms with E-state index in [9.17, 15) is 9.90 Å². The number of anilines is 1. The normalized spacial score (nSPS) is 10.2. The van der Waals surface area contributed by atoms with Gasteiger partial charge in [0.2, 0.25) is 6.20 Å². The fourth-order valence-corrected chi connectivity index (χ4v) is 1.32. The molecule has 88 valence electrons. The lowest BCUT2D eigenvalue weighted by Gasteiger charge is -2.01. The van der Waals surface area contributed by atoms with Gasteiger partial charge in [0.1, 0.15) is 5.95 Å². The number of benzene rings is 1. The van der Waals surface area contributed by atoms with E-state index >= 15 is 0 Å². The van der Waals surface area contributed by atoms with Crippen LogP contribution in [-0.4, -0.2) is 11.2 Å². The average molecular weight is 233 g/mol. The SMILES string of the molecule is Cc1ccc(NC(=O)C[n+]2cc([O-])on2)cc1. The second-order valence-electron chi connectivity index (χ2n) is 3.63. The van der Waals surface area contributed by atoms with E-state index in [2.05, 4.69) is 15.1 Å². The van der Waals surface area contributed by atoms with Crippen molar-refractivity contribution >= 4 is 11.6 Å². The lowest BCUT2D eigenvalue weighted by atomic mass is 10.2. The van der Waals surface area contributed by atoms with E-state index in [0.29, 0.717) is 5.69 Å². The minimum atomic E-state index is -0.576. The van der Waals surface area contributed by atoms with Crippen molar-refractivity contribution in [2.24, 2.45) is 0 Å². The van der Waals surface area contributed by atoms with Crippen molar-refractivity contribution in [3.63, 3.8) is 0 Å². The number of carbonyl (C=O) groups excluding carboxylic acids is 1. The van der Waals surface area contributed by atoms with E-state index in [1.165, 1.54) is 0 Å². The van der Waals surface area contributed by atoms with Crippen molar-refractivity contribution in [3.05, 3.63) is 36.0 Å². The fourth-order valence-electron chi connectivity index (χ4n) is 1.32. The first-order valence-corrected chi connectivity index (χ1v) is 5.03. The Labute approximate surface area is 97.5 Å². The van der Waals surface area contributed by atoms with E-state index < -0.39 is 5.95 Å². The highest BCUT2D eigenvalue weighted by molar-refractivity contribution is 5.89. The van der Waals surface area contributed by atoms with Gasteiger partial charge in [0.25, 0.3) is 12.5 Å². The fraction of sp³-hybridized carbons (Fsp3) is 0.182. The summed E-state index contributed by atoms with van der Waals surface area (Å²) in [7, 11) is 0. The third kappa shape index (κ3) is 3.04. The molecular formula is C11H11N3O3. The van der Waals surface area contributed by atoms with Gasteiger partial charge >= 0.3 is 0 Å². The number of aromatic nitrogens is 2. The quantitative estimate of drug-likeness (QED) is 0.755. The van der Waals surface area contributed by atoms with Crippen LogP contribution in [-0.2, 0) is 11.3 Å². The molecule has 0 bridgehead atoms. The Morgan fingerprint density at radius 2 is 2.18 bits per heavy atom. The van der Waals surface area contributed by atoms with Gasteiger partial charge in [-0.15, -0.1) is 0 Å². The summed E-state index contributed by atoms with van der Waals surface area (Å²) in [5, 5.41) is 16.7. The summed E-state index contributed by atoms with van der Waals surface area (Å²) in [5.41, 5.74) is 1.82. The van der Waals surface area contributed by atoms with Gasteiger partial charge in [-0.05, 0) is 19.1 Å². The van der Waals surface area contributed by atoms with Crippen molar-refractivity contribution in [1.29, 1.82) is 0 Å². The molecule has 6 nitrogen and oxygen atoms in total. The van der Waals surface area contributed by atoms with Crippen LogP contribution in [0.2, 0.25) is 0 Å². The molecule has 0 aliphatic rings. The minimum absolute atomic E-state index is 0.0559. The summed E-state index contributed by atoms with van der Waals surface area (Å²) in [4.78, 5) is 11.6. The first-order chi connectivity index (χ1) is 8.13. The van der Waals surface area contributed by atoms with E-state index in [4.69, 9.17) is 0 Å². The van der Waals surface area contributed by atoms with Gasteiger partial charge in [0.05, 0.1) is 5.27 Å². The number of nitrogens with one attached hydrogen (secondary N) is 1. The van der Waals surface area contributed by atoms with Crippen LogP contribution in [0, 0.1) is 6.92 Å². The molecule has 1 amide bonds. The number of hydrogen-bond donors (Lipinski definition) is 1. The molecule has 0 spiro atoms. The van der Waals surface area contributed by atoms with Crippen LogP contribution in [0.25, 0.3) is 0 Å². The molecule has 0 atom stereocenters. The average Bonchev–Trinajstić information content (AvgIpc) is 2.67. The Hall–Kier alpha value is -2.37. The van der Waals surface area contributed by atoms with Gasteiger partial charge in [0, 0.05) is 5.69 Å². The number of carbonyl (C=O) groups is 1. The highest BCUT2D eigenvalue weighted by Crippen LogP contribution is 2.08. The first kappa shape index (κ1) is 11.1. The predicted octanol–water partition coefficient (Wildman–Crippen LogP) is -0.0172. The molecule has 0 fully saturated rings. The van der Waals surface area contributed by atoms with Crippen molar-refractivity contribution in [1.82, 2.24) is 5.27 Å². The Morgan fingerprint density at radius 1 is 1.47 bits per heavy atom. The van der Waals surface area contributed by atoms with Gasteiger partial charge in [-0.1, -0.05) is 22.4 Å². The number of rotatable bonds is 3. The summed E-state index contributed by atoms with van der Waals surface area (Å²) >= 11 is 0. The van der Waals surface area contributed by atoms with Crippen molar-refractivity contribution in [2.75, 3.05) is 5.32 Å². The summed E-state index contributed by atoms with van der Waals surface area (Å²) in [6.45, 7) is 1.91. The predicted molar refractivity (Wildman–Crippen MR) is 56.0 cm³/mol. The Balaban J connectivity index is 1.95. The third-order valence-corrected chi connectivity index (χ3v) is 2.13. The van der Waals surface area contributed by atoms with Crippen LogP contribution in [0.5, 0.6) is 5.95 Å². The molecule has 17 heavy (non-hydrogen) atoms. The number of amides is 1. The maximum atomic E-state index is 11.6. The van der Waals surface area contributed by atoms with Crippen molar-refractivity contribution in [3.8, 4) is 5.95 Å². The van der Waals surface area contributed by atoms with Crippen LogP contribution in [0.15, 0.2) is 35.0 Å². The van der Waals surface area contributed by atoms with E-state index in [1.54, 1.807) is 12.1 Å². The van der Waals surface area contributed by atoms with Gasteiger partial charge in [-0.2, -0.15) is 0 Å². The van der Waals surface area contributed by atoms with Crippen LogP contribution in [0.3, 0.4) is 0 Å². The molecule has 0 saturated carbocycles. The zero-order chi connectivity index (χ0) is 12.3. The molecular weight excluding hydrogens is 222 g/mol. The van der Waals surface area contributed by atoms with Gasteiger partial charge < -0.3 is 14.9 Å². The largest absolute Gasteiger partial charge is 0.539 e. The van der Waals surface area contributed by atoms with E-state index in [0.717, 1.165) is 16.4 Å². The van der Waals surface area contributed by atoms with Gasteiger partial charge in [0.15, 0.2) is 0 Å². The van der Waals surface area contributed by atoms with Gasteiger partial charge in [-0.25, -0.2) is 0 Å². The molecule has 0 radical (unpaired) electrons. The van der Waals surface area contributed by atoms with Crippen LogP contribution in [0.4, 0.5) is 5.69 Å². The van der Waals surface area contributed by atoms with Crippen molar-refractivity contribution < 1.29 is 19.1 Å². The number of nitrogens with zero attached hydrogens (tertiary/aromatic N) is 2. The second-order valence-corrected chi connectivity index (χ2v) is 3.63. The Bertz CT molecular complexity index is 519. The highest BCUT2D eigenvalue weighted by Gasteiger charge is 2.11. The van der Waals surface area contributed by atoms with Crippen molar-refractivity contribution in [2.45, 2.75) is 13.5 Å². The summed E-state index contributed by atoms with van der Waals surface area (Å²) in [5.74, 6) is -0.847. The summed E-state index contributed by atoms with van der Waals surface area (Å²) < 4.78 is 5.45. The smallest absolute Gasteiger partial charge is 0.292 e. The number of aryl methyl sites for hydroxylation is 1. The minimum Gasteiger partial charge on any atom is -0.539 e. The first-order valence-electron chi connectivity index (χ1n) is 5.03. The van der Waals surface area contributed by atoms with Crippen LogP contribution in [0.1, 0.15) is 5.56 Å². The molecule has 1 aromatic heterocycles. The molecule has 2 rings (SSSR count). The molecule has 2 aromatic rings. The standard InChI is InChI=1S/C11H11N3O3/c1-8-2-4-9(5-3-8)12-10(15)6-14-7-11(16)17-13-14/h2-5,7H,6H2,1H3,(H-,12,13,15,16). The lowest BCUT2D eigenvalue weighted by Crippen LogP contribution is -2.41. The highest BCUT2D eigenvalue weighted by atomic mass is 16.6. The number of hydrogen-bond acceptors (Lipinski definition) is 4. The lowest BCUT2D eigenvalue weighted by molar-refractivity contribution is -0.750. The van der Waals surface area contributed by atoms with Crippen LogP contribution < -0.4 is 15.1 Å². The molecule has 0 unspecified atom stereocenters. The maximum absolute atomic E-state index is 11.6. The van der Waals surface area contributed by atoms with E-state index in [1.807, 2.05) is 19.1 Å².